The second kappa shape index (κ2) is 9.11. The molecule has 4 nitrogen and oxygen atoms in total. The largest absolute Gasteiger partial charge is 0.467 e. The van der Waals surface area contributed by atoms with Gasteiger partial charge in [0.15, 0.2) is 0 Å². The molecule has 2 rings (SSSR count). The molecule has 7 heteroatoms. The number of hydrogen-bond donors (Lipinski definition) is 1. The molecule has 0 bridgehead atoms. The SMILES string of the molecule is COC(=O)C(CCSC)NC(=O)c1ccc(-c2ccc(Cl)cc2)s1. The standard InChI is InChI=1S/C17H18ClNO3S2/c1-22-17(21)13(9-10-23-2)19-16(20)15-8-7-14(24-15)11-3-5-12(18)6-4-11/h3-8,13H,9-10H2,1-2H3,(H,19,20). The van der Waals surface area contributed by atoms with Crippen molar-refractivity contribution < 1.29 is 14.3 Å². The molecule has 1 amide bonds. The number of thiophene rings is 1. The van der Waals surface area contributed by atoms with Crippen LogP contribution in [0, 0.1) is 0 Å². The van der Waals surface area contributed by atoms with Gasteiger partial charge >= 0.3 is 5.97 Å². The summed E-state index contributed by atoms with van der Waals surface area (Å²) in [5, 5.41) is 3.42. The summed E-state index contributed by atoms with van der Waals surface area (Å²) in [7, 11) is 1.32. The third-order valence-electron chi connectivity index (χ3n) is 3.36. The number of hydrogen-bond acceptors (Lipinski definition) is 5. The highest BCUT2D eigenvalue weighted by Crippen LogP contribution is 2.29. The molecule has 24 heavy (non-hydrogen) atoms. The Morgan fingerprint density at radius 3 is 2.58 bits per heavy atom. The molecule has 1 atom stereocenters. The molecule has 128 valence electrons. The number of halogens is 1. The summed E-state index contributed by atoms with van der Waals surface area (Å²) >= 11 is 8.88. The number of rotatable bonds is 7. The van der Waals surface area contributed by atoms with Gasteiger partial charge in [-0.15, -0.1) is 11.3 Å². The predicted octanol–water partition coefficient (Wildman–Crippen LogP) is 4.09. The van der Waals surface area contributed by atoms with Crippen molar-refractivity contribution in [1.82, 2.24) is 5.32 Å². The van der Waals surface area contributed by atoms with Crippen LogP contribution in [0.4, 0.5) is 0 Å². The summed E-state index contributed by atoms with van der Waals surface area (Å²) in [6.45, 7) is 0. The maximum absolute atomic E-state index is 12.4. The average Bonchev–Trinajstić information content (AvgIpc) is 3.08. The fourth-order valence-corrected chi connectivity index (χ4v) is 3.60. The minimum atomic E-state index is -0.629. The lowest BCUT2D eigenvalue weighted by Gasteiger charge is -2.15. The quantitative estimate of drug-likeness (QED) is 0.731. The Balaban J connectivity index is 2.09. The molecule has 1 unspecified atom stereocenters. The molecule has 0 saturated heterocycles. The van der Waals surface area contributed by atoms with E-state index in [1.165, 1.54) is 18.4 Å². The van der Waals surface area contributed by atoms with Gasteiger partial charge in [-0.1, -0.05) is 23.7 Å². The van der Waals surface area contributed by atoms with Crippen molar-refractivity contribution in [2.75, 3.05) is 19.1 Å². The first kappa shape index (κ1) is 18.8. The lowest BCUT2D eigenvalue weighted by atomic mass is 10.2. The Morgan fingerprint density at radius 1 is 1.25 bits per heavy atom. The van der Waals surface area contributed by atoms with Crippen LogP contribution < -0.4 is 5.32 Å². The van der Waals surface area contributed by atoms with Gasteiger partial charge in [-0.3, -0.25) is 4.79 Å². The van der Waals surface area contributed by atoms with Crippen molar-refractivity contribution in [3.63, 3.8) is 0 Å². The molecular weight excluding hydrogens is 366 g/mol. The topological polar surface area (TPSA) is 55.4 Å². The number of nitrogens with one attached hydrogen (secondary N) is 1. The van der Waals surface area contributed by atoms with E-state index in [0.717, 1.165) is 16.2 Å². The fraction of sp³-hybridized carbons (Fsp3) is 0.294. The molecule has 1 aromatic heterocycles. The van der Waals surface area contributed by atoms with E-state index in [-0.39, 0.29) is 5.91 Å². The highest BCUT2D eigenvalue weighted by molar-refractivity contribution is 7.98. The lowest BCUT2D eigenvalue weighted by molar-refractivity contribution is -0.142. The zero-order valence-corrected chi connectivity index (χ0v) is 15.8. The molecule has 1 aromatic carbocycles. The Morgan fingerprint density at radius 2 is 1.96 bits per heavy atom. The molecule has 0 saturated carbocycles. The van der Waals surface area contributed by atoms with Crippen molar-refractivity contribution >= 4 is 46.6 Å². The molecule has 0 aliphatic heterocycles. The minimum absolute atomic E-state index is 0.267. The monoisotopic (exact) mass is 383 g/mol. The summed E-state index contributed by atoms with van der Waals surface area (Å²) in [5.41, 5.74) is 0.996. The van der Waals surface area contributed by atoms with Crippen molar-refractivity contribution in [3.8, 4) is 10.4 Å². The van der Waals surface area contributed by atoms with Gasteiger partial charge in [-0.2, -0.15) is 11.8 Å². The summed E-state index contributed by atoms with van der Waals surface area (Å²) < 4.78 is 4.76. The molecule has 2 aromatic rings. The van der Waals surface area contributed by atoms with Crippen LogP contribution in [0.25, 0.3) is 10.4 Å². The van der Waals surface area contributed by atoms with E-state index < -0.39 is 12.0 Å². The summed E-state index contributed by atoms with van der Waals surface area (Å²) in [4.78, 5) is 25.7. The van der Waals surface area contributed by atoms with Gasteiger partial charge in [-0.25, -0.2) is 4.79 Å². The van der Waals surface area contributed by atoms with Gasteiger partial charge in [0.1, 0.15) is 6.04 Å². The molecule has 1 heterocycles. The van der Waals surface area contributed by atoms with Gasteiger partial charge < -0.3 is 10.1 Å². The second-order valence-electron chi connectivity index (χ2n) is 5.00. The van der Waals surface area contributed by atoms with E-state index in [1.54, 1.807) is 17.8 Å². The van der Waals surface area contributed by atoms with Crippen LogP contribution in [0.1, 0.15) is 16.1 Å². The van der Waals surface area contributed by atoms with Crippen molar-refractivity contribution in [2.45, 2.75) is 12.5 Å². The van der Waals surface area contributed by atoms with Gasteiger partial charge in [-0.05, 0) is 48.3 Å². The Hall–Kier alpha value is -1.50. The predicted molar refractivity (Wildman–Crippen MR) is 101 cm³/mol. The van der Waals surface area contributed by atoms with Crippen molar-refractivity contribution in [2.24, 2.45) is 0 Å². The Labute approximate surface area is 154 Å². The van der Waals surface area contributed by atoms with Crippen LogP contribution in [-0.4, -0.2) is 37.0 Å². The molecule has 0 fully saturated rings. The van der Waals surface area contributed by atoms with Gasteiger partial charge in [0.2, 0.25) is 0 Å². The van der Waals surface area contributed by atoms with Gasteiger partial charge in [0.25, 0.3) is 5.91 Å². The highest BCUT2D eigenvalue weighted by Gasteiger charge is 2.22. The minimum Gasteiger partial charge on any atom is -0.467 e. The van der Waals surface area contributed by atoms with Crippen molar-refractivity contribution in [3.05, 3.63) is 46.3 Å². The highest BCUT2D eigenvalue weighted by atomic mass is 35.5. The number of benzene rings is 1. The number of carbonyl (C=O) groups excluding carboxylic acids is 2. The number of carbonyl (C=O) groups is 2. The molecule has 0 spiro atoms. The zero-order chi connectivity index (χ0) is 17.5. The number of ether oxygens (including phenoxy) is 1. The number of methoxy groups -OCH3 is 1. The molecule has 0 radical (unpaired) electrons. The maximum Gasteiger partial charge on any atom is 0.328 e. The van der Waals surface area contributed by atoms with Crippen LogP contribution in [0.15, 0.2) is 36.4 Å². The first-order valence-corrected chi connectivity index (χ1v) is 9.87. The smallest absolute Gasteiger partial charge is 0.328 e. The van der Waals surface area contributed by atoms with Crippen LogP contribution in [0.3, 0.4) is 0 Å². The van der Waals surface area contributed by atoms with E-state index in [2.05, 4.69) is 5.32 Å². The van der Waals surface area contributed by atoms with Gasteiger partial charge in [0.05, 0.1) is 12.0 Å². The van der Waals surface area contributed by atoms with E-state index in [1.807, 2.05) is 36.6 Å². The Kier molecular flexibility index (Phi) is 7.15. The summed E-state index contributed by atoms with van der Waals surface area (Å²) in [5.74, 6) is 0.0733. The van der Waals surface area contributed by atoms with E-state index in [0.29, 0.717) is 16.3 Å². The number of esters is 1. The van der Waals surface area contributed by atoms with E-state index >= 15 is 0 Å². The normalized spacial score (nSPS) is 11.8. The zero-order valence-electron chi connectivity index (χ0n) is 13.4. The van der Waals surface area contributed by atoms with E-state index in [4.69, 9.17) is 16.3 Å². The third kappa shape index (κ3) is 5.00. The molecule has 1 N–H and O–H groups in total. The molecule has 0 aliphatic rings. The lowest BCUT2D eigenvalue weighted by Crippen LogP contribution is -2.41. The van der Waals surface area contributed by atoms with Gasteiger partial charge in [0, 0.05) is 9.90 Å². The molecule has 0 aliphatic carbocycles. The van der Waals surface area contributed by atoms with Crippen molar-refractivity contribution in [1.29, 1.82) is 0 Å². The maximum atomic E-state index is 12.4. The fourth-order valence-electron chi connectivity index (χ4n) is 2.09. The first-order valence-electron chi connectivity index (χ1n) is 7.28. The number of thioether (sulfide) groups is 1. The molecular formula is C17H18ClNO3S2. The third-order valence-corrected chi connectivity index (χ3v) is 5.39. The number of amides is 1. The van der Waals surface area contributed by atoms with Crippen LogP contribution >= 0.6 is 34.7 Å². The second-order valence-corrected chi connectivity index (χ2v) is 7.51. The van der Waals surface area contributed by atoms with Crippen LogP contribution in [-0.2, 0) is 9.53 Å². The Bertz CT molecular complexity index is 700. The first-order chi connectivity index (χ1) is 11.5. The average molecular weight is 384 g/mol. The van der Waals surface area contributed by atoms with E-state index in [9.17, 15) is 9.59 Å². The summed E-state index contributed by atoms with van der Waals surface area (Å²) in [6, 6.07) is 10.5. The summed E-state index contributed by atoms with van der Waals surface area (Å²) in [6.07, 6.45) is 2.49. The van der Waals surface area contributed by atoms with Crippen LogP contribution in [0.5, 0.6) is 0 Å². The van der Waals surface area contributed by atoms with Crippen LogP contribution in [0.2, 0.25) is 5.02 Å².